The predicted molar refractivity (Wildman–Crippen MR) is 93.2 cm³/mol. The van der Waals surface area contributed by atoms with Crippen molar-refractivity contribution in [3.05, 3.63) is 58.1 Å². The van der Waals surface area contributed by atoms with Gasteiger partial charge in [0, 0.05) is 5.69 Å². The molecule has 0 fully saturated rings. The quantitative estimate of drug-likeness (QED) is 0.816. The minimum Gasteiger partial charge on any atom is -0.478 e. The number of hydrogen-bond acceptors (Lipinski definition) is 3. The number of nitrogens with one attached hydrogen (secondary N) is 1. The van der Waals surface area contributed by atoms with Crippen molar-refractivity contribution in [2.75, 3.05) is 5.32 Å². The van der Waals surface area contributed by atoms with Crippen molar-refractivity contribution in [2.45, 2.75) is 19.4 Å². The maximum atomic E-state index is 12.2. The number of hydrogen-bond donors (Lipinski definition) is 2. The van der Waals surface area contributed by atoms with Crippen molar-refractivity contribution < 1.29 is 19.4 Å². The molecule has 0 spiro atoms. The number of benzene rings is 2. The van der Waals surface area contributed by atoms with Crippen molar-refractivity contribution in [3.63, 3.8) is 0 Å². The summed E-state index contributed by atoms with van der Waals surface area (Å²) in [7, 11) is 0. The van der Waals surface area contributed by atoms with Crippen molar-refractivity contribution >= 4 is 40.8 Å². The average Bonchev–Trinajstić information content (AvgIpc) is 2.51. The number of aliphatic carboxylic acids is 1. The van der Waals surface area contributed by atoms with Crippen LogP contribution in [0, 0.1) is 0 Å². The lowest BCUT2D eigenvalue weighted by molar-refractivity contribution is -0.152. The first-order chi connectivity index (χ1) is 11.2. The van der Waals surface area contributed by atoms with Crippen molar-refractivity contribution in [2.24, 2.45) is 0 Å². The summed E-state index contributed by atoms with van der Waals surface area (Å²) in [5.74, 6) is -1.10. The fourth-order valence-electron chi connectivity index (χ4n) is 1.82. The first-order valence-corrected chi connectivity index (χ1v) is 7.74. The van der Waals surface area contributed by atoms with E-state index in [9.17, 15) is 9.59 Å². The zero-order valence-electron chi connectivity index (χ0n) is 13.0. The van der Waals surface area contributed by atoms with Gasteiger partial charge in [0.2, 0.25) is 0 Å². The molecular weight excluding hydrogens is 353 g/mol. The highest BCUT2D eigenvalue weighted by Crippen LogP contribution is 2.27. The highest BCUT2D eigenvalue weighted by Gasteiger charge is 2.29. The van der Waals surface area contributed by atoms with E-state index in [0.29, 0.717) is 16.5 Å². The molecule has 2 aromatic carbocycles. The van der Waals surface area contributed by atoms with Gasteiger partial charge in [-0.3, -0.25) is 4.79 Å². The van der Waals surface area contributed by atoms with Crippen LogP contribution < -0.4 is 10.1 Å². The maximum Gasteiger partial charge on any atom is 0.347 e. The number of carboxylic acids is 1. The van der Waals surface area contributed by atoms with Gasteiger partial charge in [0.25, 0.3) is 5.91 Å². The zero-order valence-corrected chi connectivity index (χ0v) is 14.5. The Morgan fingerprint density at radius 3 is 2.29 bits per heavy atom. The van der Waals surface area contributed by atoms with Crippen LogP contribution in [0.2, 0.25) is 10.0 Å². The van der Waals surface area contributed by atoms with Gasteiger partial charge in [0.15, 0.2) is 5.60 Å². The highest BCUT2D eigenvalue weighted by atomic mass is 35.5. The van der Waals surface area contributed by atoms with Gasteiger partial charge in [0.05, 0.1) is 15.6 Å². The molecule has 0 aliphatic heterocycles. The lowest BCUT2D eigenvalue weighted by atomic mass is 10.1. The van der Waals surface area contributed by atoms with Gasteiger partial charge in [-0.25, -0.2) is 4.79 Å². The van der Waals surface area contributed by atoms with Crippen LogP contribution in [-0.2, 0) is 4.79 Å². The number of carbonyl (C=O) groups is 2. The number of halogens is 2. The van der Waals surface area contributed by atoms with E-state index in [-0.39, 0.29) is 10.6 Å². The number of rotatable bonds is 5. The largest absolute Gasteiger partial charge is 0.478 e. The standard InChI is InChI=1S/C17H15Cl2NO4/c1-17(2,16(22)23)24-11-8-6-10(7-9-11)20-15(21)12-4-3-5-13(18)14(12)19/h3-9H,1-2H3,(H,20,21)(H,22,23). The van der Waals surface area contributed by atoms with E-state index in [2.05, 4.69) is 5.32 Å². The predicted octanol–water partition coefficient (Wildman–Crippen LogP) is 4.49. The van der Waals surface area contributed by atoms with E-state index in [0.717, 1.165) is 0 Å². The zero-order chi connectivity index (χ0) is 17.9. The van der Waals surface area contributed by atoms with E-state index in [4.69, 9.17) is 33.0 Å². The topological polar surface area (TPSA) is 75.6 Å². The Bertz CT molecular complexity index is 773. The Morgan fingerprint density at radius 1 is 1.08 bits per heavy atom. The summed E-state index contributed by atoms with van der Waals surface area (Å²) in [6, 6.07) is 11.1. The van der Waals surface area contributed by atoms with Gasteiger partial charge in [-0.05, 0) is 50.2 Å². The second kappa shape index (κ2) is 7.11. The maximum absolute atomic E-state index is 12.2. The summed E-state index contributed by atoms with van der Waals surface area (Å²) >= 11 is 11.9. The molecule has 0 bridgehead atoms. The molecule has 0 aliphatic carbocycles. The molecule has 0 radical (unpaired) electrons. The van der Waals surface area contributed by atoms with Gasteiger partial charge in [-0.15, -0.1) is 0 Å². The lowest BCUT2D eigenvalue weighted by Gasteiger charge is -2.21. The molecular formula is C17H15Cl2NO4. The molecule has 0 saturated heterocycles. The highest BCUT2D eigenvalue weighted by molar-refractivity contribution is 6.44. The third kappa shape index (κ3) is 4.19. The van der Waals surface area contributed by atoms with Crippen molar-refractivity contribution in [1.29, 1.82) is 0 Å². The first kappa shape index (κ1) is 18.1. The summed E-state index contributed by atoms with van der Waals surface area (Å²) in [5.41, 5.74) is -0.577. The molecule has 0 saturated carbocycles. The monoisotopic (exact) mass is 367 g/mol. The molecule has 7 heteroatoms. The van der Waals surface area contributed by atoms with Gasteiger partial charge in [0.1, 0.15) is 5.75 Å². The molecule has 126 valence electrons. The first-order valence-electron chi connectivity index (χ1n) is 6.98. The third-order valence-corrected chi connectivity index (χ3v) is 4.02. The molecule has 0 atom stereocenters. The van der Waals surface area contributed by atoms with E-state index in [1.807, 2.05) is 0 Å². The van der Waals surface area contributed by atoms with E-state index in [1.54, 1.807) is 42.5 Å². The molecule has 5 nitrogen and oxygen atoms in total. The minimum atomic E-state index is -1.35. The van der Waals surface area contributed by atoms with Gasteiger partial charge in [-0.2, -0.15) is 0 Å². The van der Waals surface area contributed by atoms with Gasteiger partial charge >= 0.3 is 5.97 Å². The SMILES string of the molecule is CC(C)(Oc1ccc(NC(=O)c2cccc(Cl)c2Cl)cc1)C(=O)O. The second-order valence-corrected chi connectivity index (χ2v) is 6.28. The molecule has 2 rings (SSSR count). The van der Waals surface area contributed by atoms with Crippen LogP contribution in [0.25, 0.3) is 0 Å². The van der Waals surface area contributed by atoms with Crippen LogP contribution in [0.4, 0.5) is 5.69 Å². The summed E-state index contributed by atoms with van der Waals surface area (Å²) in [5, 5.41) is 12.2. The second-order valence-electron chi connectivity index (χ2n) is 5.50. The number of anilines is 1. The van der Waals surface area contributed by atoms with E-state index >= 15 is 0 Å². The fraction of sp³-hybridized carbons (Fsp3) is 0.176. The molecule has 24 heavy (non-hydrogen) atoms. The van der Waals surface area contributed by atoms with E-state index in [1.165, 1.54) is 13.8 Å². The van der Waals surface area contributed by atoms with Crippen molar-refractivity contribution in [1.82, 2.24) is 0 Å². The summed E-state index contributed by atoms with van der Waals surface area (Å²) in [6.07, 6.45) is 0. The number of ether oxygens (including phenoxy) is 1. The van der Waals surface area contributed by atoms with E-state index < -0.39 is 17.5 Å². The Hall–Kier alpha value is -2.24. The van der Waals surface area contributed by atoms with Crippen LogP contribution in [0.15, 0.2) is 42.5 Å². The average molecular weight is 368 g/mol. The van der Waals surface area contributed by atoms with Crippen LogP contribution >= 0.6 is 23.2 Å². The smallest absolute Gasteiger partial charge is 0.347 e. The molecule has 0 unspecified atom stereocenters. The van der Waals surface area contributed by atoms with Crippen LogP contribution in [0.5, 0.6) is 5.75 Å². The van der Waals surface area contributed by atoms with Crippen LogP contribution in [0.3, 0.4) is 0 Å². The fourth-order valence-corrected chi connectivity index (χ4v) is 2.21. The normalized spacial score (nSPS) is 11.0. The van der Waals surface area contributed by atoms with Gasteiger partial charge in [-0.1, -0.05) is 29.3 Å². The van der Waals surface area contributed by atoms with Crippen LogP contribution in [-0.4, -0.2) is 22.6 Å². The summed E-state index contributed by atoms with van der Waals surface area (Å²) < 4.78 is 5.39. The minimum absolute atomic E-state index is 0.180. The molecule has 2 aromatic rings. The molecule has 1 amide bonds. The summed E-state index contributed by atoms with van der Waals surface area (Å²) in [6.45, 7) is 2.90. The molecule has 2 N–H and O–H groups in total. The Morgan fingerprint density at radius 2 is 1.71 bits per heavy atom. The summed E-state index contributed by atoms with van der Waals surface area (Å²) in [4.78, 5) is 23.3. The molecule has 0 aromatic heterocycles. The third-order valence-electron chi connectivity index (χ3n) is 3.20. The molecule has 0 heterocycles. The Balaban J connectivity index is 2.10. The van der Waals surface area contributed by atoms with Crippen molar-refractivity contribution in [3.8, 4) is 5.75 Å². The molecule has 0 aliphatic rings. The number of amides is 1. The Kier molecular flexibility index (Phi) is 5.36. The number of carbonyl (C=O) groups excluding carboxylic acids is 1. The van der Waals surface area contributed by atoms with Gasteiger partial charge < -0.3 is 15.2 Å². The Labute approximate surface area is 149 Å². The van der Waals surface area contributed by atoms with Crippen LogP contribution in [0.1, 0.15) is 24.2 Å². The number of carboxylic acid groups (broad SMARTS) is 1. The lowest BCUT2D eigenvalue weighted by Crippen LogP contribution is -2.37.